The van der Waals surface area contributed by atoms with E-state index in [1.165, 1.54) is 0 Å². The summed E-state index contributed by atoms with van der Waals surface area (Å²) in [6.07, 6.45) is 2.49. The van der Waals surface area contributed by atoms with Crippen molar-refractivity contribution in [2.75, 3.05) is 0 Å². The second-order valence-electron chi connectivity index (χ2n) is 5.47. The van der Waals surface area contributed by atoms with Crippen LogP contribution in [0.5, 0.6) is 0 Å². The summed E-state index contributed by atoms with van der Waals surface area (Å²) in [4.78, 5) is 12.2. The molecule has 2 rings (SSSR count). The minimum Gasteiger partial charge on any atom is -0.272 e. The largest absolute Gasteiger partial charge is 0.272 e. The lowest BCUT2D eigenvalue weighted by molar-refractivity contribution is -0.125. The topological polar surface area (TPSA) is 41.5 Å². The Hall–Kier alpha value is -0.390. The fourth-order valence-corrected chi connectivity index (χ4v) is 3.64. The summed E-state index contributed by atoms with van der Waals surface area (Å²) in [5.74, 6) is -0.0844. The molecule has 1 amide bonds. The lowest BCUT2D eigenvalue weighted by atomic mass is 10.1. The van der Waals surface area contributed by atoms with Crippen LogP contribution in [0, 0.1) is 5.41 Å². The van der Waals surface area contributed by atoms with Crippen LogP contribution in [0.4, 0.5) is 0 Å². The SMILES string of the molecule is CCC/C(=N\NC(=O)C1(C)CC1(Br)Br)c1ccc(Cl)cc1. The second kappa shape index (κ2) is 6.39. The third kappa shape index (κ3) is 3.69. The number of nitrogens with one attached hydrogen (secondary N) is 1. The van der Waals surface area contributed by atoms with Gasteiger partial charge < -0.3 is 0 Å². The average Bonchev–Trinajstić information content (AvgIpc) is 2.95. The smallest absolute Gasteiger partial charge is 0.248 e. The Morgan fingerprint density at radius 2 is 1.95 bits per heavy atom. The van der Waals surface area contributed by atoms with Crippen molar-refractivity contribution in [2.24, 2.45) is 10.5 Å². The van der Waals surface area contributed by atoms with Crippen LogP contribution in [0.25, 0.3) is 0 Å². The Morgan fingerprint density at radius 1 is 1.38 bits per heavy atom. The number of nitrogens with zero attached hydrogens (tertiary/aromatic N) is 1. The van der Waals surface area contributed by atoms with Crippen molar-refractivity contribution in [1.82, 2.24) is 5.43 Å². The van der Waals surface area contributed by atoms with E-state index < -0.39 is 5.41 Å². The van der Waals surface area contributed by atoms with E-state index in [1.54, 1.807) is 0 Å². The summed E-state index contributed by atoms with van der Waals surface area (Å²) in [7, 11) is 0. The first-order valence-corrected chi connectivity index (χ1v) is 8.77. The average molecular weight is 437 g/mol. The summed E-state index contributed by atoms with van der Waals surface area (Å²) in [5.41, 5.74) is 4.07. The molecule has 114 valence electrons. The number of halogens is 3. The number of carbonyl (C=O) groups excluding carboxylic acids is 1. The van der Waals surface area contributed by atoms with E-state index in [4.69, 9.17) is 11.6 Å². The molecule has 1 unspecified atom stereocenters. The monoisotopic (exact) mass is 434 g/mol. The Morgan fingerprint density at radius 3 is 2.43 bits per heavy atom. The van der Waals surface area contributed by atoms with Crippen LogP contribution in [-0.2, 0) is 4.79 Å². The van der Waals surface area contributed by atoms with Gasteiger partial charge >= 0.3 is 0 Å². The van der Waals surface area contributed by atoms with E-state index in [0.29, 0.717) is 5.02 Å². The van der Waals surface area contributed by atoms with Gasteiger partial charge in [-0.2, -0.15) is 5.10 Å². The van der Waals surface area contributed by atoms with Gasteiger partial charge in [0.2, 0.25) is 5.91 Å². The van der Waals surface area contributed by atoms with Crippen molar-refractivity contribution in [2.45, 2.75) is 36.3 Å². The van der Waals surface area contributed by atoms with Crippen LogP contribution in [-0.4, -0.2) is 14.9 Å². The van der Waals surface area contributed by atoms with Crippen molar-refractivity contribution < 1.29 is 4.79 Å². The van der Waals surface area contributed by atoms with Gasteiger partial charge in [0.25, 0.3) is 0 Å². The Kier molecular flexibility index (Phi) is 5.16. The van der Waals surface area contributed by atoms with Crippen LogP contribution in [0.15, 0.2) is 29.4 Å². The molecule has 1 aromatic rings. The molecule has 1 saturated carbocycles. The van der Waals surface area contributed by atoms with E-state index in [2.05, 4.69) is 49.3 Å². The van der Waals surface area contributed by atoms with Gasteiger partial charge in [0.1, 0.15) is 0 Å². The molecule has 1 aliphatic carbocycles. The molecule has 6 heteroatoms. The molecule has 0 spiro atoms. The summed E-state index contributed by atoms with van der Waals surface area (Å²) < 4.78 is -0.308. The lowest BCUT2D eigenvalue weighted by Gasteiger charge is -2.12. The van der Waals surface area contributed by atoms with Gasteiger partial charge in [-0.3, -0.25) is 4.79 Å². The number of hydrogen-bond acceptors (Lipinski definition) is 2. The van der Waals surface area contributed by atoms with Crippen molar-refractivity contribution >= 4 is 55.1 Å². The van der Waals surface area contributed by atoms with Crippen molar-refractivity contribution in [3.8, 4) is 0 Å². The maximum Gasteiger partial charge on any atom is 0.248 e. The number of alkyl halides is 2. The van der Waals surface area contributed by atoms with Gasteiger partial charge in [0.15, 0.2) is 0 Å². The van der Waals surface area contributed by atoms with E-state index in [9.17, 15) is 4.79 Å². The zero-order chi connectivity index (χ0) is 15.7. The van der Waals surface area contributed by atoms with Crippen molar-refractivity contribution in [1.29, 1.82) is 0 Å². The summed E-state index contributed by atoms with van der Waals surface area (Å²) >= 11 is 12.9. The predicted octanol–water partition coefficient (Wildman–Crippen LogP) is 4.86. The normalized spacial score (nSPS) is 23.8. The molecular formula is C15H17Br2ClN2O. The van der Waals surface area contributed by atoms with E-state index in [-0.39, 0.29) is 9.14 Å². The predicted molar refractivity (Wildman–Crippen MR) is 94.3 cm³/mol. The van der Waals surface area contributed by atoms with Crippen molar-refractivity contribution in [3.05, 3.63) is 34.9 Å². The van der Waals surface area contributed by atoms with E-state index in [0.717, 1.165) is 30.5 Å². The van der Waals surface area contributed by atoms with Gasteiger partial charge in [0.05, 0.1) is 14.4 Å². The minimum absolute atomic E-state index is 0.0844. The highest BCUT2D eigenvalue weighted by Crippen LogP contribution is 2.66. The number of hydrazone groups is 1. The fraction of sp³-hybridized carbons (Fsp3) is 0.467. The number of carbonyl (C=O) groups is 1. The molecular weight excluding hydrogens is 419 g/mol. The third-order valence-corrected chi connectivity index (χ3v) is 6.28. The quantitative estimate of drug-likeness (QED) is 0.400. The zero-order valence-corrected chi connectivity index (χ0v) is 15.8. The molecule has 0 bridgehead atoms. The Labute approximate surface area is 146 Å². The third-order valence-electron chi connectivity index (χ3n) is 3.72. The molecule has 0 aliphatic heterocycles. The molecule has 3 nitrogen and oxygen atoms in total. The highest BCUT2D eigenvalue weighted by Gasteiger charge is 2.66. The molecule has 0 saturated heterocycles. The first-order chi connectivity index (χ1) is 9.80. The summed E-state index contributed by atoms with van der Waals surface area (Å²) in [6.45, 7) is 3.99. The maximum absolute atomic E-state index is 12.2. The van der Waals surface area contributed by atoms with Crippen LogP contribution in [0.3, 0.4) is 0 Å². The summed E-state index contributed by atoms with van der Waals surface area (Å²) in [5, 5.41) is 5.01. The van der Waals surface area contributed by atoms with Gasteiger partial charge in [-0.25, -0.2) is 5.43 Å². The van der Waals surface area contributed by atoms with Crippen LogP contribution >= 0.6 is 43.5 Å². The van der Waals surface area contributed by atoms with E-state index in [1.807, 2.05) is 31.2 Å². The fourth-order valence-electron chi connectivity index (χ4n) is 2.03. The number of rotatable bonds is 5. The molecule has 0 heterocycles. The van der Waals surface area contributed by atoms with Crippen LogP contribution in [0.2, 0.25) is 5.02 Å². The lowest BCUT2D eigenvalue weighted by Crippen LogP contribution is -2.30. The van der Waals surface area contributed by atoms with Crippen molar-refractivity contribution in [3.63, 3.8) is 0 Å². The first kappa shape index (κ1) is 17.0. The highest BCUT2D eigenvalue weighted by atomic mass is 79.9. The van der Waals surface area contributed by atoms with Gasteiger partial charge in [-0.1, -0.05) is 68.9 Å². The first-order valence-electron chi connectivity index (χ1n) is 6.81. The van der Waals surface area contributed by atoms with E-state index >= 15 is 0 Å². The molecule has 1 aliphatic rings. The standard InChI is InChI=1S/C15H17Br2ClN2O/c1-3-4-12(10-5-7-11(18)8-6-10)19-20-13(21)14(2)9-15(14,16)17/h5-8H,3-4,9H2,1-2H3,(H,20,21)/b19-12+. The number of amides is 1. The van der Waals surface area contributed by atoms with Gasteiger partial charge in [0, 0.05) is 5.02 Å². The second-order valence-corrected chi connectivity index (χ2v) is 9.68. The molecule has 1 N–H and O–H groups in total. The molecule has 0 aromatic heterocycles. The molecule has 1 atom stereocenters. The highest BCUT2D eigenvalue weighted by molar-refractivity contribution is 9.25. The summed E-state index contributed by atoms with van der Waals surface area (Å²) in [6, 6.07) is 7.49. The number of hydrogen-bond donors (Lipinski definition) is 1. The maximum atomic E-state index is 12.2. The molecule has 21 heavy (non-hydrogen) atoms. The molecule has 1 aromatic carbocycles. The minimum atomic E-state index is -0.464. The molecule has 0 radical (unpaired) electrons. The van der Waals surface area contributed by atoms with Crippen LogP contribution < -0.4 is 5.43 Å². The Balaban J connectivity index is 2.12. The molecule has 1 fully saturated rings. The van der Waals surface area contributed by atoms with Gasteiger partial charge in [-0.15, -0.1) is 0 Å². The number of benzene rings is 1. The zero-order valence-electron chi connectivity index (χ0n) is 11.9. The Bertz CT molecular complexity index is 572. The van der Waals surface area contributed by atoms with Crippen LogP contribution in [0.1, 0.15) is 38.7 Å². The van der Waals surface area contributed by atoms with Gasteiger partial charge in [-0.05, 0) is 37.5 Å².